The lowest BCUT2D eigenvalue weighted by atomic mass is 10.0. The molecule has 0 spiro atoms. The number of nitrogens with one attached hydrogen (secondary N) is 4. The summed E-state index contributed by atoms with van der Waals surface area (Å²) in [6, 6.07) is 19.6. The average molecular weight is 722 g/mol. The molecule has 2 heterocycles. The van der Waals surface area contributed by atoms with Crippen molar-refractivity contribution in [2.75, 3.05) is 39.3 Å². The standard InChI is InChI=1S/C37H47N7O6.ClH/c38-17-6-4-14-30-36(48)43-32(25-27-10-2-1-3-11-27)35(47)41-19-22-44(37(49)31-15-5-7-18-39-31)21-9-16-33(45)40-20-23-50-29-13-8-12-28(24-29)26-34(46)42-30;/h1-3,5,7-8,10-13,15,18,24,30,32H,4,6,9,14,16-17,19-23,25-26,38H2,(H,40,45)(H,41,47)(H,42,46)(H,43,48);1H/t30-,32+;/m0./s1. The third-order valence-electron chi connectivity index (χ3n) is 8.15. The Morgan fingerprint density at radius 3 is 2.41 bits per heavy atom. The van der Waals surface area contributed by atoms with Crippen molar-refractivity contribution >= 4 is 41.9 Å². The van der Waals surface area contributed by atoms with Crippen molar-refractivity contribution in [2.45, 2.75) is 57.0 Å². The van der Waals surface area contributed by atoms with Crippen LogP contribution in [0.1, 0.15) is 53.7 Å². The Morgan fingerprint density at radius 2 is 1.65 bits per heavy atom. The first-order chi connectivity index (χ1) is 24.3. The van der Waals surface area contributed by atoms with Crippen LogP contribution in [0.2, 0.25) is 0 Å². The van der Waals surface area contributed by atoms with E-state index in [9.17, 15) is 24.0 Å². The molecular formula is C37H48ClN7O6. The number of hydrogen-bond donors (Lipinski definition) is 5. The van der Waals surface area contributed by atoms with E-state index in [4.69, 9.17) is 10.5 Å². The first-order valence-corrected chi connectivity index (χ1v) is 17.1. The predicted molar refractivity (Wildman–Crippen MR) is 195 cm³/mol. The van der Waals surface area contributed by atoms with E-state index in [1.54, 1.807) is 47.4 Å². The zero-order valence-corrected chi connectivity index (χ0v) is 29.5. The lowest BCUT2D eigenvalue weighted by Crippen LogP contribution is -2.55. The maximum absolute atomic E-state index is 13.7. The molecule has 1 aliphatic heterocycles. The fraction of sp³-hybridized carbons (Fsp3) is 0.405. The van der Waals surface area contributed by atoms with Crippen LogP contribution in [-0.4, -0.2) is 90.8 Å². The quantitative estimate of drug-likeness (QED) is 0.229. The molecule has 1 aromatic heterocycles. The molecule has 3 aromatic rings. The van der Waals surface area contributed by atoms with Crippen LogP contribution in [0.4, 0.5) is 0 Å². The van der Waals surface area contributed by atoms with Gasteiger partial charge in [0.1, 0.15) is 30.1 Å². The van der Waals surface area contributed by atoms with Crippen LogP contribution >= 0.6 is 12.4 Å². The topological polar surface area (TPSA) is 185 Å². The largest absolute Gasteiger partial charge is 0.492 e. The van der Waals surface area contributed by atoms with Crippen molar-refractivity contribution in [1.29, 1.82) is 0 Å². The average Bonchev–Trinajstić information content (AvgIpc) is 3.12. The lowest BCUT2D eigenvalue weighted by molar-refractivity contribution is -0.132. The summed E-state index contributed by atoms with van der Waals surface area (Å²) in [5, 5.41) is 11.4. The Hall–Kier alpha value is -5.01. The zero-order valence-electron chi connectivity index (χ0n) is 28.7. The summed E-state index contributed by atoms with van der Waals surface area (Å²) in [5.41, 5.74) is 7.48. The number of ether oxygens (including phenoxy) is 1. The van der Waals surface area contributed by atoms with E-state index >= 15 is 0 Å². The second kappa shape index (κ2) is 21.9. The predicted octanol–water partition coefficient (Wildman–Crippen LogP) is 1.93. The Balaban J connectivity index is 0.00000702. The number of pyridine rings is 1. The molecule has 14 heteroatoms. The van der Waals surface area contributed by atoms with Crippen LogP contribution in [0.25, 0.3) is 0 Å². The van der Waals surface area contributed by atoms with Gasteiger partial charge in [-0.25, -0.2) is 0 Å². The van der Waals surface area contributed by atoms with Gasteiger partial charge in [0.2, 0.25) is 23.6 Å². The molecule has 6 N–H and O–H groups in total. The van der Waals surface area contributed by atoms with Crippen molar-refractivity contribution in [3.63, 3.8) is 0 Å². The number of amides is 5. The molecule has 5 amide bonds. The molecule has 2 bridgehead atoms. The third kappa shape index (κ3) is 14.0. The molecule has 274 valence electrons. The van der Waals surface area contributed by atoms with Crippen LogP contribution in [0, 0.1) is 0 Å². The maximum Gasteiger partial charge on any atom is 0.272 e. The summed E-state index contributed by atoms with van der Waals surface area (Å²) >= 11 is 0. The van der Waals surface area contributed by atoms with Crippen LogP contribution in [-0.2, 0) is 32.0 Å². The maximum atomic E-state index is 13.7. The molecule has 0 radical (unpaired) electrons. The highest BCUT2D eigenvalue weighted by Crippen LogP contribution is 2.14. The Morgan fingerprint density at radius 1 is 0.843 bits per heavy atom. The van der Waals surface area contributed by atoms with Gasteiger partial charge >= 0.3 is 0 Å². The normalized spacial score (nSPS) is 18.5. The Labute approximate surface area is 304 Å². The van der Waals surface area contributed by atoms with E-state index in [1.807, 2.05) is 30.3 Å². The second-order valence-electron chi connectivity index (χ2n) is 12.1. The Bertz CT molecular complexity index is 1560. The molecule has 0 fully saturated rings. The summed E-state index contributed by atoms with van der Waals surface area (Å²) in [4.78, 5) is 72.2. The highest BCUT2D eigenvalue weighted by molar-refractivity contribution is 5.93. The number of halogens is 1. The number of aromatic nitrogens is 1. The van der Waals surface area contributed by atoms with E-state index in [1.165, 1.54) is 6.20 Å². The summed E-state index contributed by atoms with van der Waals surface area (Å²) < 4.78 is 5.81. The molecule has 0 unspecified atom stereocenters. The van der Waals surface area contributed by atoms with E-state index in [0.29, 0.717) is 43.5 Å². The number of nitrogens with zero attached hydrogens (tertiary/aromatic N) is 2. The number of carbonyl (C=O) groups is 5. The molecule has 13 nitrogen and oxygen atoms in total. The van der Waals surface area contributed by atoms with Crippen molar-refractivity contribution in [1.82, 2.24) is 31.2 Å². The fourth-order valence-electron chi connectivity index (χ4n) is 5.55. The van der Waals surface area contributed by atoms with Gasteiger partial charge in [-0.3, -0.25) is 29.0 Å². The first-order valence-electron chi connectivity index (χ1n) is 17.1. The third-order valence-corrected chi connectivity index (χ3v) is 8.15. The number of nitrogens with two attached hydrogens (primary N) is 1. The fourth-order valence-corrected chi connectivity index (χ4v) is 5.55. The molecule has 0 saturated carbocycles. The van der Waals surface area contributed by atoms with E-state index in [2.05, 4.69) is 26.3 Å². The van der Waals surface area contributed by atoms with Crippen LogP contribution in [0.3, 0.4) is 0 Å². The van der Waals surface area contributed by atoms with Gasteiger partial charge in [0, 0.05) is 38.7 Å². The van der Waals surface area contributed by atoms with Crippen LogP contribution < -0.4 is 31.7 Å². The summed E-state index contributed by atoms with van der Waals surface area (Å²) in [6.07, 6.45) is 3.93. The van der Waals surface area contributed by atoms with Crippen molar-refractivity contribution < 1.29 is 28.7 Å². The molecule has 51 heavy (non-hydrogen) atoms. The highest BCUT2D eigenvalue weighted by atomic mass is 35.5. The van der Waals surface area contributed by atoms with Gasteiger partial charge in [-0.15, -0.1) is 12.4 Å². The van der Waals surface area contributed by atoms with Crippen LogP contribution in [0.5, 0.6) is 5.75 Å². The van der Waals surface area contributed by atoms with Gasteiger partial charge in [-0.1, -0.05) is 48.5 Å². The van der Waals surface area contributed by atoms with Crippen molar-refractivity contribution in [3.05, 3.63) is 95.8 Å². The van der Waals surface area contributed by atoms with Gasteiger partial charge in [0.25, 0.3) is 5.91 Å². The zero-order chi connectivity index (χ0) is 35.6. The van der Waals surface area contributed by atoms with Crippen LogP contribution in [0.15, 0.2) is 79.0 Å². The summed E-state index contributed by atoms with van der Waals surface area (Å²) in [6.45, 7) is 1.44. The molecule has 0 saturated heterocycles. The number of fused-ring (bicyclic) bond motifs is 2. The summed E-state index contributed by atoms with van der Waals surface area (Å²) in [5.74, 6) is -1.25. The number of unbranched alkanes of at least 4 members (excludes halogenated alkanes) is 1. The number of carbonyl (C=O) groups excluding carboxylic acids is 5. The monoisotopic (exact) mass is 721 g/mol. The number of rotatable bonds is 7. The highest BCUT2D eigenvalue weighted by Gasteiger charge is 2.27. The second-order valence-corrected chi connectivity index (χ2v) is 12.1. The molecule has 2 aromatic carbocycles. The minimum atomic E-state index is -0.960. The smallest absolute Gasteiger partial charge is 0.272 e. The number of hydrogen-bond acceptors (Lipinski definition) is 8. The van der Waals surface area contributed by atoms with Gasteiger partial charge in [-0.2, -0.15) is 0 Å². The molecule has 1 aliphatic rings. The SMILES string of the molecule is Cl.NCCCC[C@@H]1NC(=O)Cc2cccc(c2)OCCNC(=O)CCCN(C(=O)c2ccccn2)CCNC(=O)[C@@H](Cc2ccccc2)NC1=O. The van der Waals surface area contributed by atoms with Crippen molar-refractivity contribution in [2.24, 2.45) is 5.73 Å². The molecular weight excluding hydrogens is 674 g/mol. The lowest BCUT2D eigenvalue weighted by Gasteiger charge is -2.25. The Kier molecular flexibility index (Phi) is 17.4. The van der Waals surface area contributed by atoms with E-state index < -0.39 is 23.9 Å². The minimum absolute atomic E-state index is 0. The number of benzene rings is 2. The van der Waals surface area contributed by atoms with E-state index in [0.717, 1.165) is 5.56 Å². The molecule has 4 rings (SSSR count). The molecule has 0 aliphatic carbocycles. The summed E-state index contributed by atoms with van der Waals surface area (Å²) in [7, 11) is 0. The first kappa shape index (κ1) is 40.4. The van der Waals surface area contributed by atoms with E-state index in [-0.39, 0.29) is 87.9 Å². The molecule has 2 atom stereocenters. The van der Waals surface area contributed by atoms with Gasteiger partial charge in [-0.05, 0) is 67.6 Å². The van der Waals surface area contributed by atoms with Gasteiger partial charge in [0.05, 0.1) is 13.0 Å². The minimum Gasteiger partial charge on any atom is -0.492 e. The van der Waals surface area contributed by atoms with Gasteiger partial charge < -0.3 is 36.6 Å². The van der Waals surface area contributed by atoms with Crippen molar-refractivity contribution in [3.8, 4) is 5.75 Å². The van der Waals surface area contributed by atoms with Gasteiger partial charge in [0.15, 0.2) is 0 Å².